The first-order chi connectivity index (χ1) is 11.9. The van der Waals surface area contributed by atoms with Gasteiger partial charge in [0, 0.05) is 5.56 Å². The van der Waals surface area contributed by atoms with Crippen LogP contribution >= 0.6 is 0 Å². The molecule has 130 valence electrons. The van der Waals surface area contributed by atoms with E-state index >= 15 is 0 Å². The van der Waals surface area contributed by atoms with Crippen LogP contribution in [0.5, 0.6) is 0 Å². The van der Waals surface area contributed by atoms with E-state index in [4.69, 9.17) is 5.73 Å². The summed E-state index contributed by atoms with van der Waals surface area (Å²) < 4.78 is 0. The molecule has 0 fully saturated rings. The lowest BCUT2D eigenvalue weighted by Gasteiger charge is -2.27. The maximum atomic E-state index is 13.1. The number of hydrogen-bond donors (Lipinski definition) is 2. The summed E-state index contributed by atoms with van der Waals surface area (Å²) in [6.07, 6.45) is 0. The van der Waals surface area contributed by atoms with Crippen molar-refractivity contribution in [2.75, 3.05) is 5.01 Å². The second kappa shape index (κ2) is 6.69. The molecule has 2 amide bonds. The van der Waals surface area contributed by atoms with Gasteiger partial charge >= 0.3 is 0 Å². The van der Waals surface area contributed by atoms with Gasteiger partial charge in [0.1, 0.15) is 0 Å². The Labute approximate surface area is 147 Å². The van der Waals surface area contributed by atoms with E-state index < -0.39 is 6.04 Å². The maximum absolute atomic E-state index is 13.1. The fourth-order valence-electron chi connectivity index (χ4n) is 3.06. The predicted octanol–water partition coefficient (Wildman–Crippen LogP) is 2.82. The zero-order chi connectivity index (χ0) is 18.1. The minimum Gasteiger partial charge on any atom is -0.320 e. The van der Waals surface area contributed by atoms with Crippen molar-refractivity contribution in [2.24, 2.45) is 11.7 Å². The van der Waals surface area contributed by atoms with E-state index in [9.17, 15) is 9.59 Å². The summed E-state index contributed by atoms with van der Waals surface area (Å²) in [4.78, 5) is 25.5. The summed E-state index contributed by atoms with van der Waals surface area (Å²) in [5.74, 6) is -0.941. The number of fused-ring (bicyclic) bond motifs is 3. The largest absolute Gasteiger partial charge is 0.320 e. The van der Waals surface area contributed by atoms with Crippen LogP contribution in [-0.4, -0.2) is 17.9 Å². The molecule has 1 unspecified atom stereocenters. The number of hydrogen-bond acceptors (Lipinski definition) is 3. The summed E-state index contributed by atoms with van der Waals surface area (Å²) >= 11 is 0. The maximum Gasteiger partial charge on any atom is 0.256 e. The molecule has 2 aromatic carbocycles. The van der Waals surface area contributed by atoms with Gasteiger partial charge in [-0.05, 0) is 30.0 Å². The summed E-state index contributed by atoms with van der Waals surface area (Å²) in [7, 11) is 0. The summed E-state index contributed by atoms with van der Waals surface area (Å²) in [6.45, 7) is 5.61. The highest BCUT2D eigenvalue weighted by Gasteiger charge is 2.33. The Kier molecular flexibility index (Phi) is 4.59. The van der Waals surface area contributed by atoms with Crippen LogP contribution in [0.15, 0.2) is 48.5 Å². The molecule has 1 aliphatic heterocycles. The number of carbonyl (C=O) groups excluding carboxylic acids is 2. The van der Waals surface area contributed by atoms with Gasteiger partial charge in [-0.3, -0.25) is 15.0 Å². The topological polar surface area (TPSA) is 75.4 Å². The molecular weight excluding hydrogens is 314 g/mol. The number of rotatable bonds is 3. The molecule has 2 aromatic rings. The Morgan fingerprint density at radius 2 is 1.68 bits per heavy atom. The fraction of sp³-hybridized carbons (Fsp3) is 0.300. The Morgan fingerprint density at radius 3 is 2.36 bits per heavy atom. The van der Waals surface area contributed by atoms with Crippen LogP contribution in [0.4, 0.5) is 5.69 Å². The fourth-order valence-corrected chi connectivity index (χ4v) is 3.06. The van der Waals surface area contributed by atoms with E-state index in [-0.39, 0.29) is 23.7 Å². The monoisotopic (exact) mass is 337 g/mol. The highest BCUT2D eigenvalue weighted by molar-refractivity contribution is 6.06. The number of carbonyl (C=O) groups is 2. The normalized spacial score (nSPS) is 17.6. The van der Waals surface area contributed by atoms with Crippen LogP contribution in [0.3, 0.4) is 0 Å². The van der Waals surface area contributed by atoms with Crippen LogP contribution in [0.25, 0.3) is 11.1 Å². The number of nitrogens with two attached hydrogens (primary N) is 1. The zero-order valence-corrected chi connectivity index (χ0v) is 14.7. The summed E-state index contributed by atoms with van der Waals surface area (Å²) in [5, 5.41) is 1.35. The van der Waals surface area contributed by atoms with Crippen LogP contribution in [0.1, 0.15) is 32.3 Å². The molecule has 3 N–H and O–H groups in total. The minimum absolute atomic E-state index is 0.0213. The standard InChI is InChI=1S/C20H23N3O2/c1-12(2)18(21)19(24)22-23-17-11-7-6-10-16(17)15-9-5-4-8-14(15)13(3)20(23)25/h4-13,18H,21H2,1-3H3,(H,22,24)/t13?,18-/m0/s1. The molecule has 2 atom stereocenters. The van der Waals surface area contributed by atoms with Crippen molar-refractivity contribution in [3.05, 3.63) is 54.1 Å². The van der Waals surface area contributed by atoms with Crippen molar-refractivity contribution >= 4 is 17.5 Å². The van der Waals surface area contributed by atoms with Gasteiger partial charge in [-0.15, -0.1) is 0 Å². The molecule has 0 radical (unpaired) electrons. The van der Waals surface area contributed by atoms with Gasteiger partial charge in [0.15, 0.2) is 0 Å². The smallest absolute Gasteiger partial charge is 0.256 e. The molecule has 0 spiro atoms. The molecular formula is C20H23N3O2. The molecule has 0 bridgehead atoms. The second-order valence-corrected chi connectivity index (χ2v) is 6.75. The van der Waals surface area contributed by atoms with Crippen LogP contribution in [-0.2, 0) is 9.59 Å². The van der Waals surface area contributed by atoms with Gasteiger partial charge < -0.3 is 5.73 Å². The Hall–Kier alpha value is -2.66. The predicted molar refractivity (Wildman–Crippen MR) is 98.7 cm³/mol. The van der Waals surface area contributed by atoms with Crippen molar-refractivity contribution in [3.8, 4) is 11.1 Å². The minimum atomic E-state index is -0.680. The number of hydrazine groups is 1. The lowest BCUT2D eigenvalue weighted by atomic mass is 9.92. The number of nitrogens with zero attached hydrogens (tertiary/aromatic N) is 1. The first kappa shape index (κ1) is 17.2. The molecule has 1 heterocycles. The van der Waals surface area contributed by atoms with Gasteiger partial charge in [-0.1, -0.05) is 56.3 Å². The van der Waals surface area contributed by atoms with Gasteiger partial charge in [-0.25, -0.2) is 5.01 Å². The average molecular weight is 337 g/mol. The van der Waals surface area contributed by atoms with E-state index in [0.717, 1.165) is 16.7 Å². The average Bonchev–Trinajstić information content (AvgIpc) is 2.71. The molecule has 3 rings (SSSR count). The van der Waals surface area contributed by atoms with Gasteiger partial charge in [0.05, 0.1) is 17.6 Å². The third-order valence-corrected chi connectivity index (χ3v) is 4.70. The van der Waals surface area contributed by atoms with Crippen molar-refractivity contribution in [1.29, 1.82) is 0 Å². The van der Waals surface area contributed by atoms with E-state index in [1.165, 1.54) is 5.01 Å². The number of benzene rings is 2. The highest BCUT2D eigenvalue weighted by atomic mass is 16.2. The quantitative estimate of drug-likeness (QED) is 0.904. The molecule has 1 aliphatic rings. The molecule has 0 saturated carbocycles. The first-order valence-electron chi connectivity index (χ1n) is 8.50. The van der Waals surface area contributed by atoms with E-state index in [2.05, 4.69) is 5.43 Å². The van der Waals surface area contributed by atoms with Crippen molar-refractivity contribution < 1.29 is 9.59 Å². The zero-order valence-electron chi connectivity index (χ0n) is 14.7. The van der Waals surface area contributed by atoms with Gasteiger partial charge in [0.25, 0.3) is 11.8 Å². The molecule has 0 aliphatic carbocycles. The number of amides is 2. The first-order valence-corrected chi connectivity index (χ1v) is 8.50. The van der Waals surface area contributed by atoms with Gasteiger partial charge in [-0.2, -0.15) is 0 Å². The van der Waals surface area contributed by atoms with Gasteiger partial charge in [0.2, 0.25) is 0 Å². The number of para-hydroxylation sites is 1. The van der Waals surface area contributed by atoms with Crippen LogP contribution in [0, 0.1) is 5.92 Å². The number of anilines is 1. The lowest BCUT2D eigenvalue weighted by molar-refractivity contribution is -0.127. The van der Waals surface area contributed by atoms with E-state index in [1.807, 2.05) is 69.3 Å². The molecule has 5 nitrogen and oxygen atoms in total. The van der Waals surface area contributed by atoms with Crippen LogP contribution in [0.2, 0.25) is 0 Å². The summed E-state index contributed by atoms with van der Waals surface area (Å²) in [5.41, 5.74) is 12.2. The van der Waals surface area contributed by atoms with E-state index in [1.54, 1.807) is 0 Å². The highest BCUT2D eigenvalue weighted by Crippen LogP contribution is 2.39. The molecule has 5 heteroatoms. The van der Waals surface area contributed by atoms with Crippen LogP contribution < -0.4 is 16.2 Å². The second-order valence-electron chi connectivity index (χ2n) is 6.75. The van der Waals surface area contributed by atoms with Crippen molar-refractivity contribution in [3.63, 3.8) is 0 Å². The third kappa shape index (κ3) is 3.03. The van der Waals surface area contributed by atoms with Crippen molar-refractivity contribution in [2.45, 2.75) is 32.7 Å². The molecule has 25 heavy (non-hydrogen) atoms. The SMILES string of the molecule is CC1C(=O)N(NC(=O)[C@@H](N)C(C)C)c2ccccc2-c2ccccc21. The Balaban J connectivity index is 2.09. The lowest BCUT2D eigenvalue weighted by Crippen LogP contribution is -2.54. The number of nitrogens with one attached hydrogen (secondary N) is 1. The molecule has 0 saturated heterocycles. The summed E-state index contributed by atoms with van der Waals surface area (Å²) in [6, 6.07) is 14.7. The molecule has 0 aromatic heterocycles. The van der Waals surface area contributed by atoms with Crippen molar-refractivity contribution in [1.82, 2.24) is 5.43 Å². The Morgan fingerprint density at radius 1 is 1.08 bits per heavy atom. The van der Waals surface area contributed by atoms with E-state index in [0.29, 0.717) is 5.69 Å². The third-order valence-electron chi connectivity index (χ3n) is 4.70. The Bertz CT molecular complexity index is 816.